The fourth-order valence-corrected chi connectivity index (χ4v) is 11.0. The summed E-state index contributed by atoms with van der Waals surface area (Å²) in [5.41, 5.74) is 3.35. The van der Waals surface area contributed by atoms with E-state index < -0.39 is 14.5 Å². The molecule has 2 aliphatic heterocycles. The topological polar surface area (TPSA) is 0 Å². The van der Waals surface area contributed by atoms with E-state index in [1.165, 1.54) is 25.7 Å². The zero-order valence-corrected chi connectivity index (χ0v) is 14.4. The summed E-state index contributed by atoms with van der Waals surface area (Å²) in [6, 6.07) is 0. The molecule has 0 aliphatic carbocycles. The van der Waals surface area contributed by atoms with Crippen LogP contribution in [0, 0.1) is 13.3 Å². The van der Waals surface area contributed by atoms with Gasteiger partial charge < -0.3 is 0 Å². The number of hydrogen-bond acceptors (Lipinski definition) is 0. The molecule has 104 valence electrons. The molecule has 0 aromatic rings. The highest BCUT2D eigenvalue weighted by Crippen LogP contribution is 2.78. The van der Waals surface area contributed by atoms with Crippen LogP contribution in [-0.2, 0) is 0 Å². The van der Waals surface area contributed by atoms with Gasteiger partial charge in [0.15, 0.2) is 0 Å². The van der Waals surface area contributed by atoms with Crippen molar-refractivity contribution >= 4 is 14.5 Å². The Hall–Kier alpha value is 0.600. The SMILES string of the molecule is [CH2-][P+]1(/C=C\[P+]2([CH2-])[C@H](C)CC[C@H]2C)[C@H](C)CC[C@H]1C. The van der Waals surface area contributed by atoms with Gasteiger partial charge in [-0.05, 0) is 53.4 Å². The predicted octanol–water partition coefficient (Wildman–Crippen LogP) is 6.22. The molecule has 0 nitrogen and oxygen atoms in total. The molecule has 0 aromatic heterocycles. The van der Waals surface area contributed by atoms with Gasteiger partial charge in [-0.3, -0.25) is 0 Å². The Morgan fingerprint density at radius 2 is 0.889 bits per heavy atom. The lowest BCUT2D eigenvalue weighted by Gasteiger charge is -2.34. The summed E-state index contributed by atoms with van der Waals surface area (Å²) < 4.78 is 0. The van der Waals surface area contributed by atoms with E-state index in [4.69, 9.17) is 0 Å². The molecule has 2 heterocycles. The minimum atomic E-state index is -1.09. The first kappa shape index (κ1) is 15.0. The molecule has 2 aliphatic rings. The van der Waals surface area contributed by atoms with Crippen LogP contribution in [0.25, 0.3) is 0 Å². The summed E-state index contributed by atoms with van der Waals surface area (Å²) in [5.74, 6) is 5.18. The maximum Gasteiger partial charge on any atom is 0.0617 e. The lowest BCUT2D eigenvalue weighted by molar-refractivity contribution is 0.777. The van der Waals surface area contributed by atoms with E-state index in [9.17, 15) is 0 Å². The average molecular weight is 284 g/mol. The molecule has 2 rings (SSSR count). The van der Waals surface area contributed by atoms with Gasteiger partial charge in [0, 0.05) is 22.6 Å². The van der Waals surface area contributed by atoms with Crippen molar-refractivity contribution in [1.29, 1.82) is 0 Å². The molecule has 0 unspecified atom stereocenters. The maximum absolute atomic E-state index is 4.69. The summed E-state index contributed by atoms with van der Waals surface area (Å²) in [7, 11) is -2.19. The van der Waals surface area contributed by atoms with Crippen molar-refractivity contribution in [3.63, 3.8) is 0 Å². The van der Waals surface area contributed by atoms with Gasteiger partial charge in [-0.1, -0.05) is 14.5 Å². The number of rotatable bonds is 2. The highest BCUT2D eigenvalue weighted by molar-refractivity contribution is 7.84. The van der Waals surface area contributed by atoms with E-state index in [1.807, 2.05) is 0 Å². The molecule has 0 N–H and O–H groups in total. The highest BCUT2D eigenvalue weighted by Gasteiger charge is 2.45. The highest BCUT2D eigenvalue weighted by atomic mass is 31.2. The Morgan fingerprint density at radius 3 is 1.11 bits per heavy atom. The summed E-state index contributed by atoms with van der Waals surface area (Å²) in [5, 5.41) is 0. The Bertz CT molecular complexity index is 282. The van der Waals surface area contributed by atoms with E-state index in [0.717, 1.165) is 22.6 Å². The largest absolute Gasteiger partial charge is 0.175 e. The molecule has 4 atom stereocenters. The van der Waals surface area contributed by atoms with Crippen LogP contribution in [0.3, 0.4) is 0 Å². The van der Waals surface area contributed by atoms with Crippen molar-refractivity contribution in [2.45, 2.75) is 76.0 Å². The normalized spacial score (nSPS) is 42.8. The molecular formula is C16H30P2. The second-order valence-electron chi connectivity index (χ2n) is 6.84. The van der Waals surface area contributed by atoms with Crippen LogP contribution < -0.4 is 0 Å². The van der Waals surface area contributed by atoms with E-state index in [-0.39, 0.29) is 0 Å². The molecular weight excluding hydrogens is 254 g/mol. The third-order valence-electron chi connectivity index (χ3n) is 5.91. The quantitative estimate of drug-likeness (QED) is 0.417. The van der Waals surface area contributed by atoms with Gasteiger partial charge in [-0.2, -0.15) is 13.3 Å². The molecule has 2 fully saturated rings. The summed E-state index contributed by atoms with van der Waals surface area (Å²) in [6.45, 7) is 19.1. The van der Waals surface area contributed by atoms with Crippen LogP contribution in [0.5, 0.6) is 0 Å². The van der Waals surface area contributed by atoms with Gasteiger partial charge in [0.05, 0.1) is 11.6 Å². The van der Waals surface area contributed by atoms with E-state index >= 15 is 0 Å². The average Bonchev–Trinajstić information content (AvgIpc) is 2.74. The third kappa shape index (κ3) is 2.33. The van der Waals surface area contributed by atoms with Crippen LogP contribution in [0.15, 0.2) is 11.6 Å². The van der Waals surface area contributed by atoms with Crippen LogP contribution in [0.1, 0.15) is 53.4 Å². The lowest BCUT2D eigenvalue weighted by atomic mass is 10.2. The van der Waals surface area contributed by atoms with E-state index in [0.29, 0.717) is 0 Å². The van der Waals surface area contributed by atoms with Crippen molar-refractivity contribution in [1.82, 2.24) is 0 Å². The number of hydrogen-bond donors (Lipinski definition) is 0. The first-order valence-corrected chi connectivity index (χ1v) is 11.8. The molecule has 0 bridgehead atoms. The zero-order chi connectivity index (χ0) is 13.6. The first-order valence-electron chi connectivity index (χ1n) is 7.46. The van der Waals surface area contributed by atoms with Gasteiger partial charge in [0.25, 0.3) is 0 Å². The molecule has 0 spiro atoms. The molecule has 2 saturated heterocycles. The van der Waals surface area contributed by atoms with E-state index in [2.05, 4.69) is 52.7 Å². The molecule has 0 saturated carbocycles. The Labute approximate surface area is 116 Å². The van der Waals surface area contributed by atoms with Gasteiger partial charge in [-0.25, -0.2) is 0 Å². The third-order valence-corrected chi connectivity index (χ3v) is 15.2. The summed E-state index contributed by atoms with van der Waals surface area (Å²) in [4.78, 5) is 0. The monoisotopic (exact) mass is 284 g/mol. The van der Waals surface area contributed by atoms with Gasteiger partial charge in [0.1, 0.15) is 0 Å². The lowest BCUT2D eigenvalue weighted by Crippen LogP contribution is -2.07. The van der Waals surface area contributed by atoms with Crippen LogP contribution in [0.4, 0.5) is 0 Å². The Morgan fingerprint density at radius 1 is 0.667 bits per heavy atom. The fourth-order valence-electron chi connectivity index (χ4n) is 3.63. The molecule has 2 heteroatoms. The van der Waals surface area contributed by atoms with Crippen molar-refractivity contribution < 1.29 is 0 Å². The standard InChI is InChI=1S/C16H30P2/c1-13-7-8-14(2)17(13,5)11-12-18(6)15(3)9-10-16(18)4/h11-16H,5-10H2,1-4H3/b12-11-/t13-,14-,15-,16-/m1/s1. The predicted molar refractivity (Wildman–Crippen MR) is 90.0 cm³/mol. The summed E-state index contributed by atoms with van der Waals surface area (Å²) in [6.07, 6.45) is 5.54. The molecule has 0 amide bonds. The maximum atomic E-state index is 4.69. The summed E-state index contributed by atoms with van der Waals surface area (Å²) >= 11 is 0. The second-order valence-corrected chi connectivity index (χ2v) is 14.9. The zero-order valence-electron chi connectivity index (χ0n) is 12.6. The van der Waals surface area contributed by atoms with Crippen molar-refractivity contribution in [2.24, 2.45) is 0 Å². The van der Waals surface area contributed by atoms with E-state index in [1.54, 1.807) is 0 Å². The van der Waals surface area contributed by atoms with Crippen molar-refractivity contribution in [3.05, 3.63) is 25.0 Å². The second kappa shape index (κ2) is 5.18. The van der Waals surface area contributed by atoms with Gasteiger partial charge in [0.2, 0.25) is 0 Å². The van der Waals surface area contributed by atoms with Gasteiger partial charge in [-0.15, -0.1) is 0 Å². The van der Waals surface area contributed by atoms with Gasteiger partial charge >= 0.3 is 0 Å². The van der Waals surface area contributed by atoms with Crippen molar-refractivity contribution in [2.75, 3.05) is 0 Å². The minimum Gasteiger partial charge on any atom is -0.175 e. The smallest absolute Gasteiger partial charge is 0.0617 e. The Kier molecular flexibility index (Phi) is 4.32. The first-order chi connectivity index (χ1) is 8.30. The fraction of sp³-hybridized carbons (Fsp3) is 0.750. The minimum absolute atomic E-state index is 0.837. The van der Waals surface area contributed by atoms with Crippen LogP contribution >= 0.6 is 14.5 Å². The molecule has 0 radical (unpaired) electrons. The van der Waals surface area contributed by atoms with Crippen LogP contribution in [-0.4, -0.2) is 22.6 Å². The Balaban J connectivity index is 2.20. The van der Waals surface area contributed by atoms with Crippen molar-refractivity contribution in [3.8, 4) is 0 Å². The van der Waals surface area contributed by atoms with Crippen LogP contribution in [0.2, 0.25) is 0 Å². The molecule has 0 aromatic carbocycles. The molecule has 18 heavy (non-hydrogen) atoms.